The van der Waals surface area contributed by atoms with Gasteiger partial charge in [-0.3, -0.25) is 14.4 Å². The maximum atomic E-state index is 15.3. The zero-order valence-corrected chi connectivity index (χ0v) is 23.1. The average molecular weight is 565 g/mol. The largest absolute Gasteiger partial charge is 0.477 e. The minimum absolute atomic E-state index is 0.0545. The van der Waals surface area contributed by atoms with Gasteiger partial charge in [0, 0.05) is 56.4 Å². The third-order valence-electron chi connectivity index (χ3n) is 7.71. The van der Waals surface area contributed by atoms with Gasteiger partial charge in [0.25, 0.3) is 11.8 Å². The monoisotopic (exact) mass is 564 g/mol. The number of aromatic carboxylic acids is 1. The van der Waals surface area contributed by atoms with Gasteiger partial charge in [-0.15, -0.1) is 0 Å². The number of pyridine rings is 2. The molecule has 0 unspecified atom stereocenters. The molecule has 2 aromatic heterocycles. The van der Waals surface area contributed by atoms with Crippen LogP contribution in [0.2, 0.25) is 0 Å². The van der Waals surface area contributed by atoms with E-state index in [4.69, 9.17) is 0 Å². The van der Waals surface area contributed by atoms with Gasteiger partial charge in [-0.05, 0) is 37.5 Å². The van der Waals surface area contributed by atoms with E-state index >= 15 is 4.39 Å². The quantitative estimate of drug-likeness (QED) is 0.289. The van der Waals surface area contributed by atoms with Gasteiger partial charge in [0.1, 0.15) is 16.9 Å². The number of anilines is 1. The summed E-state index contributed by atoms with van der Waals surface area (Å²) >= 11 is 0. The summed E-state index contributed by atoms with van der Waals surface area (Å²) in [5, 5.41) is 12.4. The Hall–Kier alpha value is -4.28. The summed E-state index contributed by atoms with van der Waals surface area (Å²) < 4.78 is 18.8. The Morgan fingerprint density at radius 1 is 1.12 bits per heavy atom. The second kappa shape index (κ2) is 12.1. The third kappa shape index (κ3) is 6.23. The Kier molecular flexibility index (Phi) is 8.32. The van der Waals surface area contributed by atoms with E-state index in [1.54, 1.807) is 44.6 Å². The Balaban J connectivity index is 1.27. The fourth-order valence-electron chi connectivity index (χ4n) is 5.31. The van der Waals surface area contributed by atoms with Crippen LogP contribution in [-0.4, -0.2) is 65.1 Å². The number of nitrogens with zero attached hydrogens (tertiary/aromatic N) is 4. The summed E-state index contributed by atoms with van der Waals surface area (Å²) in [5.74, 6) is -2.19. The summed E-state index contributed by atoms with van der Waals surface area (Å²) in [6.45, 7) is 4.39. The summed E-state index contributed by atoms with van der Waals surface area (Å²) in [4.78, 5) is 53.4. The Morgan fingerprint density at radius 2 is 1.88 bits per heavy atom. The first-order valence-corrected chi connectivity index (χ1v) is 14.2. The smallest absolute Gasteiger partial charge is 0.341 e. The molecule has 0 radical (unpaired) electrons. The molecule has 2 amide bonds. The van der Waals surface area contributed by atoms with Gasteiger partial charge in [-0.25, -0.2) is 9.18 Å². The third-order valence-corrected chi connectivity index (χ3v) is 7.71. The van der Waals surface area contributed by atoms with Crippen LogP contribution in [0.25, 0.3) is 10.9 Å². The number of carboxylic acid groups (broad SMARTS) is 1. The molecule has 0 bridgehead atoms. The lowest BCUT2D eigenvalue weighted by Gasteiger charge is -2.36. The van der Waals surface area contributed by atoms with Gasteiger partial charge in [0.15, 0.2) is 12.4 Å². The Bertz CT molecular complexity index is 1540. The zero-order chi connectivity index (χ0) is 29.1. The molecule has 2 aliphatic rings. The second-order valence-corrected chi connectivity index (χ2v) is 10.7. The molecular formula is C30H35FN5O5+. The van der Waals surface area contributed by atoms with Crippen molar-refractivity contribution in [2.45, 2.75) is 51.6 Å². The predicted molar refractivity (Wildman–Crippen MR) is 151 cm³/mol. The lowest BCUT2D eigenvalue weighted by molar-refractivity contribution is -0.684. The highest BCUT2D eigenvalue weighted by Crippen LogP contribution is 2.38. The van der Waals surface area contributed by atoms with Crippen molar-refractivity contribution in [1.29, 1.82) is 0 Å². The molecule has 3 aromatic rings. The Morgan fingerprint density at radius 3 is 2.56 bits per heavy atom. The molecule has 3 heterocycles. The van der Waals surface area contributed by atoms with Gasteiger partial charge in [0.05, 0.1) is 11.2 Å². The number of piperazine rings is 1. The van der Waals surface area contributed by atoms with Crippen LogP contribution < -0.4 is 20.2 Å². The molecule has 0 atom stereocenters. The Labute approximate surface area is 237 Å². The average Bonchev–Trinajstić information content (AvgIpc) is 3.81. The number of halogens is 1. The summed E-state index contributed by atoms with van der Waals surface area (Å²) in [7, 11) is 0. The fraction of sp³-hybridized carbons (Fsp3) is 0.433. The number of rotatable bonds is 10. The number of fused-ring (bicyclic) bond motifs is 1. The molecule has 1 aliphatic heterocycles. The number of carbonyl (C=O) groups excluding carboxylic acids is 2. The minimum Gasteiger partial charge on any atom is -0.477 e. The molecule has 1 saturated carbocycles. The number of hydrogen-bond donors (Lipinski definition) is 2. The van der Waals surface area contributed by atoms with Gasteiger partial charge < -0.3 is 24.8 Å². The van der Waals surface area contributed by atoms with Crippen molar-refractivity contribution >= 4 is 34.4 Å². The van der Waals surface area contributed by atoms with Crippen molar-refractivity contribution in [3.8, 4) is 0 Å². The second-order valence-electron chi connectivity index (χ2n) is 10.7. The van der Waals surface area contributed by atoms with E-state index in [-0.39, 0.29) is 35.4 Å². The minimum atomic E-state index is -1.33. The van der Waals surface area contributed by atoms with Crippen LogP contribution in [-0.2, 0) is 11.3 Å². The predicted octanol–water partition coefficient (Wildman–Crippen LogP) is 2.73. The molecule has 2 N–H and O–H groups in total. The number of aromatic nitrogens is 2. The van der Waals surface area contributed by atoms with E-state index in [2.05, 4.69) is 12.2 Å². The number of carboxylic acids is 1. The van der Waals surface area contributed by atoms with E-state index in [0.717, 1.165) is 38.2 Å². The number of nitrogens with one attached hydrogen (secondary N) is 1. The molecule has 0 spiro atoms. The molecule has 2 fully saturated rings. The van der Waals surface area contributed by atoms with Crippen LogP contribution in [0.3, 0.4) is 0 Å². The zero-order valence-electron chi connectivity index (χ0n) is 23.1. The van der Waals surface area contributed by atoms with Gasteiger partial charge >= 0.3 is 5.97 Å². The van der Waals surface area contributed by atoms with E-state index in [9.17, 15) is 24.3 Å². The molecule has 10 nitrogen and oxygen atoms in total. The van der Waals surface area contributed by atoms with Crippen molar-refractivity contribution in [2.24, 2.45) is 0 Å². The van der Waals surface area contributed by atoms with Crippen LogP contribution in [0.1, 0.15) is 65.8 Å². The van der Waals surface area contributed by atoms with Crippen LogP contribution in [0.5, 0.6) is 0 Å². The van der Waals surface area contributed by atoms with E-state index in [1.165, 1.54) is 6.20 Å². The van der Waals surface area contributed by atoms with Gasteiger partial charge in [-0.1, -0.05) is 19.8 Å². The first-order valence-electron chi connectivity index (χ1n) is 14.2. The molecule has 5 rings (SSSR count). The van der Waals surface area contributed by atoms with E-state index in [1.807, 2.05) is 4.90 Å². The van der Waals surface area contributed by atoms with Gasteiger partial charge in [-0.2, -0.15) is 4.57 Å². The van der Waals surface area contributed by atoms with Crippen molar-refractivity contribution in [1.82, 2.24) is 14.8 Å². The highest BCUT2D eigenvalue weighted by atomic mass is 19.1. The van der Waals surface area contributed by atoms with Crippen LogP contribution in [0.4, 0.5) is 10.1 Å². The number of amides is 2. The molecular weight excluding hydrogens is 529 g/mol. The van der Waals surface area contributed by atoms with E-state index < -0.39 is 17.2 Å². The molecule has 11 heteroatoms. The molecule has 41 heavy (non-hydrogen) atoms. The molecule has 216 valence electrons. The van der Waals surface area contributed by atoms with Crippen molar-refractivity contribution in [3.05, 3.63) is 70.0 Å². The molecule has 1 aliphatic carbocycles. The number of benzene rings is 1. The first-order chi connectivity index (χ1) is 19.8. The maximum absolute atomic E-state index is 15.3. The lowest BCUT2D eigenvalue weighted by atomic mass is 10.1. The summed E-state index contributed by atoms with van der Waals surface area (Å²) in [6.07, 6.45) is 9.61. The number of carbonyl (C=O) groups is 3. The molecule has 1 aromatic carbocycles. The summed E-state index contributed by atoms with van der Waals surface area (Å²) in [5.41, 5.74) is 0.252. The van der Waals surface area contributed by atoms with Crippen molar-refractivity contribution < 1.29 is 28.4 Å². The van der Waals surface area contributed by atoms with E-state index in [0.29, 0.717) is 49.5 Å². The van der Waals surface area contributed by atoms with Crippen LogP contribution in [0.15, 0.2) is 47.7 Å². The maximum Gasteiger partial charge on any atom is 0.341 e. The first kappa shape index (κ1) is 28.3. The highest BCUT2D eigenvalue weighted by molar-refractivity contribution is 5.94. The standard InChI is InChI=1S/C30H34FN5O5/c1-2-3-4-9-32-27(37)19-33-10-5-6-20(17-33)29(39)35-13-11-34(12-14-35)26-16-25-22(15-24(26)31)28(38)23(30(40)41)18-36(25)21-7-8-21/h5-6,10,15-18,21H,2-4,7-9,11-14,19H2,1H3,(H-,32,37,40,41)/p+1. The molecule has 1 saturated heterocycles. The fourth-order valence-corrected chi connectivity index (χ4v) is 5.31. The lowest BCUT2D eigenvalue weighted by Crippen LogP contribution is -2.49. The topological polar surface area (TPSA) is 116 Å². The van der Waals surface area contributed by atoms with Crippen LogP contribution in [0, 0.1) is 5.82 Å². The normalized spacial score (nSPS) is 15.3. The van der Waals surface area contributed by atoms with Crippen molar-refractivity contribution in [2.75, 3.05) is 37.6 Å². The number of unbranched alkanes of at least 4 members (excludes halogenated alkanes) is 2. The van der Waals surface area contributed by atoms with Crippen LogP contribution >= 0.6 is 0 Å². The number of hydrogen-bond acceptors (Lipinski definition) is 5. The summed E-state index contributed by atoms with van der Waals surface area (Å²) in [6, 6.07) is 6.31. The van der Waals surface area contributed by atoms with Crippen molar-refractivity contribution in [3.63, 3.8) is 0 Å². The highest BCUT2D eigenvalue weighted by Gasteiger charge is 2.29. The SMILES string of the molecule is CCCCCNC(=O)C[n+]1cccc(C(=O)N2CCN(c3cc4c(cc3F)c(=O)c(C(=O)O)cn4C3CC3)CC2)c1. The van der Waals surface area contributed by atoms with Gasteiger partial charge in [0.2, 0.25) is 12.0 Å².